The minimum Gasteiger partial charge on any atom is -0.0683 e. The summed E-state index contributed by atoms with van der Waals surface area (Å²) in [6.07, 6.45) is 11.7. The lowest BCUT2D eigenvalue weighted by Gasteiger charge is -2.37. The second-order valence-electron chi connectivity index (χ2n) is 9.12. The second-order valence-corrected chi connectivity index (χ2v) is 9.12. The lowest BCUT2D eigenvalue weighted by atomic mass is 9.68. The Morgan fingerprint density at radius 3 is 1.40 bits per heavy atom. The molecule has 0 atom stereocenters. The van der Waals surface area contributed by atoms with Crippen molar-refractivity contribution in [2.24, 2.45) is 17.8 Å². The lowest BCUT2D eigenvalue weighted by molar-refractivity contribution is 0.165. The average Bonchev–Trinajstić information content (AvgIpc) is 2.83. The van der Waals surface area contributed by atoms with E-state index in [1.54, 1.807) is 5.56 Å². The van der Waals surface area contributed by atoms with Crippen LogP contribution in [0.25, 0.3) is 11.1 Å². The molecule has 2 aromatic rings. The molecule has 0 bridgehead atoms. The average molecular weight is 407 g/mol. The quantitative estimate of drug-likeness (QED) is 0.475. The summed E-state index contributed by atoms with van der Waals surface area (Å²) in [5.41, 5.74) is 5.57. The molecule has 2 aliphatic carbocycles. The van der Waals surface area contributed by atoms with E-state index in [0.29, 0.717) is 0 Å². The van der Waals surface area contributed by atoms with Crippen LogP contribution in [0, 0.1) is 24.7 Å². The van der Waals surface area contributed by atoms with Crippen LogP contribution >= 0.6 is 0 Å². The summed E-state index contributed by atoms with van der Waals surface area (Å²) in [4.78, 5) is 0. The van der Waals surface area contributed by atoms with E-state index in [1.165, 1.54) is 68.1 Å². The van der Waals surface area contributed by atoms with Crippen molar-refractivity contribution in [2.45, 2.75) is 98.8 Å². The van der Waals surface area contributed by atoms with Gasteiger partial charge in [0.15, 0.2) is 0 Å². The SMILES string of the molecule is CC.CC.Cc1ccc(-c2ccc(C3CCC(C4CCC(C)CC4)CC3)cc2)cc1. The van der Waals surface area contributed by atoms with Gasteiger partial charge in [-0.05, 0) is 85.8 Å². The van der Waals surface area contributed by atoms with Gasteiger partial charge in [-0.25, -0.2) is 0 Å². The Morgan fingerprint density at radius 2 is 0.933 bits per heavy atom. The molecule has 0 spiro atoms. The van der Waals surface area contributed by atoms with Gasteiger partial charge in [0.25, 0.3) is 0 Å². The van der Waals surface area contributed by atoms with Gasteiger partial charge >= 0.3 is 0 Å². The molecule has 0 aromatic heterocycles. The third-order valence-corrected chi connectivity index (χ3v) is 7.27. The van der Waals surface area contributed by atoms with E-state index in [0.717, 1.165) is 23.7 Å². The van der Waals surface area contributed by atoms with E-state index in [4.69, 9.17) is 0 Å². The van der Waals surface area contributed by atoms with E-state index in [9.17, 15) is 0 Å². The molecule has 30 heavy (non-hydrogen) atoms. The zero-order valence-electron chi connectivity index (χ0n) is 20.6. The first-order valence-electron chi connectivity index (χ1n) is 12.9. The van der Waals surface area contributed by atoms with Crippen molar-refractivity contribution in [1.29, 1.82) is 0 Å². The summed E-state index contributed by atoms with van der Waals surface area (Å²) in [5, 5.41) is 0. The van der Waals surface area contributed by atoms with Gasteiger partial charge in [-0.2, -0.15) is 0 Å². The lowest BCUT2D eigenvalue weighted by Crippen LogP contribution is -2.24. The molecule has 166 valence electrons. The zero-order chi connectivity index (χ0) is 21.9. The van der Waals surface area contributed by atoms with Gasteiger partial charge in [0, 0.05) is 0 Å². The van der Waals surface area contributed by atoms with Gasteiger partial charge in [0.1, 0.15) is 0 Å². The van der Waals surface area contributed by atoms with Crippen molar-refractivity contribution in [3.63, 3.8) is 0 Å². The Morgan fingerprint density at radius 1 is 0.533 bits per heavy atom. The largest absolute Gasteiger partial charge is 0.0683 e. The van der Waals surface area contributed by atoms with Crippen molar-refractivity contribution >= 4 is 0 Å². The van der Waals surface area contributed by atoms with Crippen LogP contribution < -0.4 is 0 Å². The van der Waals surface area contributed by atoms with E-state index >= 15 is 0 Å². The Bertz CT molecular complexity index is 678. The number of hydrogen-bond donors (Lipinski definition) is 0. The summed E-state index contributed by atoms with van der Waals surface area (Å²) < 4.78 is 0. The van der Waals surface area contributed by atoms with Crippen molar-refractivity contribution in [2.75, 3.05) is 0 Å². The van der Waals surface area contributed by atoms with Gasteiger partial charge in [0.05, 0.1) is 0 Å². The molecule has 0 unspecified atom stereocenters. The van der Waals surface area contributed by atoms with Crippen molar-refractivity contribution in [1.82, 2.24) is 0 Å². The van der Waals surface area contributed by atoms with Crippen LogP contribution in [0.1, 0.15) is 103 Å². The summed E-state index contributed by atoms with van der Waals surface area (Å²) in [7, 11) is 0. The monoisotopic (exact) mass is 406 g/mol. The van der Waals surface area contributed by atoms with Crippen LogP contribution in [0.5, 0.6) is 0 Å². The summed E-state index contributed by atoms with van der Waals surface area (Å²) in [6.45, 7) is 12.6. The molecule has 0 aliphatic heterocycles. The van der Waals surface area contributed by atoms with Gasteiger partial charge in [-0.15, -0.1) is 0 Å². The molecule has 2 aromatic carbocycles. The maximum Gasteiger partial charge on any atom is -0.0162 e. The fraction of sp³-hybridized carbons (Fsp3) is 0.600. The van der Waals surface area contributed by atoms with Crippen molar-refractivity contribution in [3.05, 3.63) is 59.7 Å². The summed E-state index contributed by atoms with van der Waals surface area (Å²) in [5.74, 6) is 3.83. The van der Waals surface area contributed by atoms with Crippen LogP contribution in [0.4, 0.5) is 0 Å². The highest BCUT2D eigenvalue weighted by molar-refractivity contribution is 5.64. The zero-order valence-corrected chi connectivity index (χ0v) is 20.6. The van der Waals surface area contributed by atoms with Crippen LogP contribution in [-0.2, 0) is 0 Å². The van der Waals surface area contributed by atoms with Crippen LogP contribution in [0.15, 0.2) is 48.5 Å². The van der Waals surface area contributed by atoms with Gasteiger partial charge in [-0.1, -0.05) is 102 Å². The topological polar surface area (TPSA) is 0 Å². The molecule has 0 radical (unpaired) electrons. The highest BCUT2D eigenvalue weighted by atomic mass is 14.4. The van der Waals surface area contributed by atoms with Gasteiger partial charge in [0.2, 0.25) is 0 Å². The maximum atomic E-state index is 2.44. The Hall–Kier alpha value is -1.56. The highest BCUT2D eigenvalue weighted by Gasteiger charge is 2.30. The summed E-state index contributed by atoms with van der Waals surface area (Å²) in [6, 6.07) is 18.3. The fourth-order valence-electron chi connectivity index (χ4n) is 5.37. The van der Waals surface area contributed by atoms with Crippen LogP contribution in [0.3, 0.4) is 0 Å². The molecule has 0 N–H and O–H groups in total. The van der Waals surface area contributed by atoms with Crippen molar-refractivity contribution in [3.8, 4) is 11.1 Å². The standard InChI is InChI=1S/C26H34.2C2H6/c1-19-3-7-21(8-4-19)23-11-15-25(16-12-23)26-17-13-24(14-18-26)22-9-5-20(2)6-10-22;2*1-2/h3-4,7-8,11-12,15-16,20,22,24,26H,5-6,9-10,13-14,17-18H2,1-2H3;2*1-2H3. The molecule has 0 nitrogen and oxygen atoms in total. The predicted octanol–water partition coefficient (Wildman–Crippen LogP) is 9.81. The number of rotatable bonds is 3. The third-order valence-electron chi connectivity index (χ3n) is 7.27. The van der Waals surface area contributed by atoms with Crippen molar-refractivity contribution < 1.29 is 0 Å². The number of benzene rings is 2. The van der Waals surface area contributed by atoms with E-state index < -0.39 is 0 Å². The Labute approximate surface area is 187 Å². The molecule has 2 aliphatic rings. The second kappa shape index (κ2) is 13.0. The molecule has 2 saturated carbocycles. The minimum absolute atomic E-state index is 0.792. The predicted molar refractivity (Wildman–Crippen MR) is 135 cm³/mol. The number of aryl methyl sites for hydroxylation is 1. The van der Waals surface area contributed by atoms with Crippen LogP contribution in [-0.4, -0.2) is 0 Å². The molecule has 0 heteroatoms. The first-order chi connectivity index (χ1) is 14.7. The van der Waals surface area contributed by atoms with Gasteiger partial charge in [-0.3, -0.25) is 0 Å². The van der Waals surface area contributed by atoms with E-state index in [2.05, 4.69) is 62.4 Å². The number of hydrogen-bond acceptors (Lipinski definition) is 0. The minimum atomic E-state index is 0.792. The highest BCUT2D eigenvalue weighted by Crippen LogP contribution is 2.44. The molecule has 0 amide bonds. The third kappa shape index (κ3) is 6.73. The molecular weight excluding hydrogens is 360 g/mol. The first kappa shape index (κ1) is 24.7. The smallest absolute Gasteiger partial charge is 0.0162 e. The molecule has 2 fully saturated rings. The fourth-order valence-corrected chi connectivity index (χ4v) is 5.37. The Kier molecular flexibility index (Phi) is 10.7. The summed E-state index contributed by atoms with van der Waals surface area (Å²) >= 11 is 0. The maximum absolute atomic E-state index is 2.44. The molecule has 0 saturated heterocycles. The Balaban J connectivity index is 0.000000757. The van der Waals surface area contributed by atoms with Gasteiger partial charge < -0.3 is 0 Å². The molecule has 0 heterocycles. The van der Waals surface area contributed by atoms with E-state index in [1.807, 2.05) is 27.7 Å². The van der Waals surface area contributed by atoms with Crippen LogP contribution in [0.2, 0.25) is 0 Å². The normalized spacial score (nSPS) is 25.9. The first-order valence-corrected chi connectivity index (χ1v) is 12.9. The van der Waals surface area contributed by atoms with E-state index in [-0.39, 0.29) is 0 Å². The molecule has 4 rings (SSSR count). The molecular formula is C30H46.